The summed E-state index contributed by atoms with van der Waals surface area (Å²) in [4.78, 5) is 4.38. The van der Waals surface area contributed by atoms with Crippen LogP contribution in [0.5, 0.6) is 0 Å². The van der Waals surface area contributed by atoms with Crippen LogP contribution in [0.4, 0.5) is 0 Å². The Labute approximate surface area is 98.7 Å². The van der Waals surface area contributed by atoms with Crippen LogP contribution in [0.25, 0.3) is 0 Å². The minimum atomic E-state index is -3.55. The summed E-state index contributed by atoms with van der Waals surface area (Å²) < 4.78 is 27.4. The zero-order valence-corrected chi connectivity index (χ0v) is 9.55. The number of pyridine rings is 1. The highest BCUT2D eigenvalue weighted by Crippen LogP contribution is 2.27. The fourth-order valence-electron chi connectivity index (χ4n) is 1.79. The summed E-state index contributed by atoms with van der Waals surface area (Å²) in [7, 11) is -3.55. The van der Waals surface area contributed by atoms with E-state index in [0.717, 1.165) is 0 Å². The van der Waals surface area contributed by atoms with E-state index in [1.807, 2.05) is 0 Å². The van der Waals surface area contributed by atoms with Gasteiger partial charge in [-0.3, -0.25) is 4.98 Å². The van der Waals surface area contributed by atoms with Gasteiger partial charge in [-0.05, 0) is 18.2 Å². The Hall–Kier alpha value is -2.01. The number of sulfonamides is 1. The van der Waals surface area contributed by atoms with Gasteiger partial charge in [-0.15, -0.1) is 0 Å². The summed E-state index contributed by atoms with van der Waals surface area (Å²) in [5, 5.41) is 0. The number of fused-ring (bicyclic) bond motifs is 1. The van der Waals surface area contributed by atoms with Crippen molar-refractivity contribution in [1.82, 2.24) is 4.98 Å². The van der Waals surface area contributed by atoms with E-state index in [1.165, 1.54) is 0 Å². The Morgan fingerprint density at radius 1 is 0.941 bits per heavy atom. The molecule has 1 aromatic heterocycles. The zero-order valence-electron chi connectivity index (χ0n) is 8.74. The second kappa shape index (κ2) is 3.49. The first-order chi connectivity index (χ1) is 8.18. The number of hydrogen-bond acceptors (Lipinski definition) is 3. The first kappa shape index (κ1) is 10.2. The maximum absolute atomic E-state index is 11.8. The molecule has 1 aromatic carbocycles. The third-order valence-corrected chi connectivity index (χ3v) is 3.87. The molecule has 4 nitrogen and oxygen atoms in total. The average molecular weight is 244 g/mol. The Morgan fingerprint density at radius 3 is 2.47 bits per heavy atom. The lowest BCUT2D eigenvalue weighted by molar-refractivity contribution is 0.599. The van der Waals surface area contributed by atoms with Crippen LogP contribution in [0.3, 0.4) is 0 Å². The summed E-state index contributed by atoms with van der Waals surface area (Å²) in [6, 6.07) is 12.1. The molecule has 0 spiro atoms. The molecule has 0 N–H and O–H groups in total. The Balaban J connectivity index is 2.29. The quantitative estimate of drug-likeness (QED) is 0.766. The van der Waals surface area contributed by atoms with Gasteiger partial charge in [0, 0.05) is 11.8 Å². The van der Waals surface area contributed by atoms with Crippen LogP contribution in [-0.2, 0) is 10.0 Å². The van der Waals surface area contributed by atoms with Gasteiger partial charge < -0.3 is 0 Å². The molecular formula is C12H8N2O2S. The topological polar surface area (TPSA) is 59.4 Å². The van der Waals surface area contributed by atoms with E-state index in [1.54, 1.807) is 48.7 Å². The SMILES string of the molecule is O=S1(=O)N=C(c2ccccn2)c2ccccc21. The molecule has 1 aliphatic rings. The van der Waals surface area contributed by atoms with Crippen LogP contribution in [0.1, 0.15) is 11.3 Å². The molecule has 2 aromatic rings. The van der Waals surface area contributed by atoms with E-state index in [2.05, 4.69) is 9.38 Å². The van der Waals surface area contributed by atoms with Crippen LogP contribution in [0.2, 0.25) is 0 Å². The van der Waals surface area contributed by atoms with Crippen LogP contribution >= 0.6 is 0 Å². The van der Waals surface area contributed by atoms with E-state index in [0.29, 0.717) is 17.0 Å². The molecular weight excluding hydrogens is 236 g/mol. The fraction of sp³-hybridized carbons (Fsp3) is 0. The summed E-state index contributed by atoms with van der Waals surface area (Å²) in [6.45, 7) is 0. The highest BCUT2D eigenvalue weighted by molar-refractivity contribution is 7.90. The van der Waals surface area contributed by atoms with Gasteiger partial charge in [0.2, 0.25) is 0 Å². The summed E-state index contributed by atoms with van der Waals surface area (Å²) >= 11 is 0. The van der Waals surface area contributed by atoms with Crippen molar-refractivity contribution in [2.45, 2.75) is 4.90 Å². The number of hydrogen-bond donors (Lipinski definition) is 0. The van der Waals surface area contributed by atoms with Crippen LogP contribution in [-0.4, -0.2) is 19.1 Å². The molecule has 0 radical (unpaired) electrons. The van der Waals surface area contributed by atoms with E-state index in [-0.39, 0.29) is 4.90 Å². The van der Waals surface area contributed by atoms with Crippen molar-refractivity contribution in [3.05, 3.63) is 59.9 Å². The molecule has 0 unspecified atom stereocenters. The molecule has 1 aliphatic heterocycles. The molecule has 0 saturated heterocycles. The van der Waals surface area contributed by atoms with E-state index in [4.69, 9.17) is 0 Å². The average Bonchev–Trinajstić information content (AvgIpc) is 2.64. The first-order valence-corrected chi connectivity index (χ1v) is 6.48. The van der Waals surface area contributed by atoms with Gasteiger partial charge in [-0.2, -0.15) is 12.8 Å². The summed E-state index contributed by atoms with van der Waals surface area (Å²) in [6.07, 6.45) is 1.62. The second-order valence-electron chi connectivity index (χ2n) is 3.63. The van der Waals surface area contributed by atoms with Crippen LogP contribution in [0, 0.1) is 0 Å². The monoisotopic (exact) mass is 244 g/mol. The maximum atomic E-state index is 11.8. The van der Waals surface area contributed by atoms with Crippen molar-refractivity contribution in [1.29, 1.82) is 0 Å². The van der Waals surface area contributed by atoms with Crippen LogP contribution in [0.15, 0.2) is 58.0 Å². The van der Waals surface area contributed by atoms with E-state index in [9.17, 15) is 8.42 Å². The van der Waals surface area contributed by atoms with Crippen molar-refractivity contribution >= 4 is 15.7 Å². The first-order valence-electron chi connectivity index (χ1n) is 5.04. The Kier molecular flexibility index (Phi) is 2.09. The molecule has 0 aliphatic carbocycles. The zero-order chi connectivity index (χ0) is 11.9. The third kappa shape index (κ3) is 1.55. The normalized spacial score (nSPS) is 16.4. The number of rotatable bonds is 1. The van der Waals surface area contributed by atoms with Crippen molar-refractivity contribution in [3.8, 4) is 0 Å². The van der Waals surface area contributed by atoms with Gasteiger partial charge in [0.25, 0.3) is 10.0 Å². The van der Waals surface area contributed by atoms with Gasteiger partial charge in [0.1, 0.15) is 5.71 Å². The summed E-state index contributed by atoms with van der Waals surface area (Å²) in [5.74, 6) is 0. The molecule has 5 heteroatoms. The smallest absolute Gasteiger partial charge is 0.255 e. The molecule has 17 heavy (non-hydrogen) atoms. The lowest BCUT2D eigenvalue weighted by Crippen LogP contribution is -2.02. The predicted molar refractivity (Wildman–Crippen MR) is 63.5 cm³/mol. The van der Waals surface area contributed by atoms with Crippen molar-refractivity contribution < 1.29 is 8.42 Å². The lowest BCUT2D eigenvalue weighted by atomic mass is 10.1. The maximum Gasteiger partial charge on any atom is 0.283 e. The van der Waals surface area contributed by atoms with Gasteiger partial charge in [-0.25, -0.2) is 0 Å². The van der Waals surface area contributed by atoms with Gasteiger partial charge in [0.15, 0.2) is 0 Å². The highest BCUT2D eigenvalue weighted by atomic mass is 32.2. The minimum absolute atomic E-state index is 0.251. The van der Waals surface area contributed by atoms with Gasteiger partial charge in [0.05, 0.1) is 10.6 Å². The standard InChI is InChI=1S/C12H8N2O2S/c15-17(16)11-7-2-1-5-9(11)12(14-17)10-6-3-4-8-13-10/h1-8H. The minimum Gasteiger partial charge on any atom is -0.255 e. The molecule has 3 rings (SSSR count). The largest absolute Gasteiger partial charge is 0.283 e. The molecule has 0 bridgehead atoms. The van der Waals surface area contributed by atoms with Gasteiger partial charge in [-0.1, -0.05) is 24.3 Å². The lowest BCUT2D eigenvalue weighted by Gasteiger charge is -1.99. The second-order valence-corrected chi connectivity index (χ2v) is 5.20. The molecule has 0 saturated carbocycles. The van der Waals surface area contributed by atoms with Crippen molar-refractivity contribution in [2.24, 2.45) is 4.40 Å². The van der Waals surface area contributed by atoms with Gasteiger partial charge >= 0.3 is 0 Å². The predicted octanol–water partition coefficient (Wildman–Crippen LogP) is 1.62. The molecule has 0 amide bonds. The van der Waals surface area contributed by atoms with E-state index >= 15 is 0 Å². The highest BCUT2D eigenvalue weighted by Gasteiger charge is 2.29. The molecule has 2 heterocycles. The molecule has 84 valence electrons. The Morgan fingerprint density at radius 2 is 1.71 bits per heavy atom. The number of aromatic nitrogens is 1. The number of benzene rings is 1. The fourth-order valence-corrected chi connectivity index (χ4v) is 3.02. The van der Waals surface area contributed by atoms with E-state index < -0.39 is 10.0 Å². The third-order valence-electron chi connectivity index (χ3n) is 2.54. The number of nitrogens with zero attached hydrogens (tertiary/aromatic N) is 2. The van der Waals surface area contributed by atoms with Crippen molar-refractivity contribution in [3.63, 3.8) is 0 Å². The summed E-state index contributed by atoms with van der Waals surface area (Å²) in [5.41, 5.74) is 1.61. The van der Waals surface area contributed by atoms with Crippen molar-refractivity contribution in [2.75, 3.05) is 0 Å². The Bertz CT molecular complexity index is 706. The molecule has 0 atom stereocenters. The molecule has 0 fully saturated rings. The van der Waals surface area contributed by atoms with Crippen LogP contribution < -0.4 is 0 Å².